The van der Waals surface area contributed by atoms with Crippen molar-refractivity contribution in [2.75, 3.05) is 0 Å². The third kappa shape index (κ3) is 3.52. The highest BCUT2D eigenvalue weighted by Gasteiger charge is 2.05. The van der Waals surface area contributed by atoms with Crippen molar-refractivity contribution >= 4 is 16.9 Å². The van der Waals surface area contributed by atoms with Crippen LogP contribution in [0.15, 0.2) is 48.5 Å². The Labute approximate surface area is 129 Å². The van der Waals surface area contributed by atoms with Gasteiger partial charge in [-0.1, -0.05) is 42.0 Å². The van der Waals surface area contributed by atoms with Crippen LogP contribution < -0.4 is 5.32 Å². The number of nitrogens with zero attached hydrogens (tertiary/aromatic N) is 1. The molecule has 0 radical (unpaired) electrons. The van der Waals surface area contributed by atoms with E-state index in [0.717, 1.165) is 23.3 Å². The van der Waals surface area contributed by atoms with Gasteiger partial charge in [-0.3, -0.25) is 4.79 Å². The van der Waals surface area contributed by atoms with E-state index in [2.05, 4.69) is 40.4 Å². The van der Waals surface area contributed by atoms with Gasteiger partial charge >= 0.3 is 0 Å². The van der Waals surface area contributed by atoms with Gasteiger partial charge in [0.2, 0.25) is 5.91 Å². The molecule has 1 aromatic heterocycles. The van der Waals surface area contributed by atoms with Gasteiger partial charge in [0.15, 0.2) is 0 Å². The van der Waals surface area contributed by atoms with Crippen molar-refractivity contribution in [2.24, 2.45) is 0 Å². The zero-order chi connectivity index (χ0) is 15.4. The van der Waals surface area contributed by atoms with E-state index in [-0.39, 0.29) is 5.91 Å². The van der Waals surface area contributed by atoms with E-state index in [1.807, 2.05) is 30.3 Å². The summed E-state index contributed by atoms with van der Waals surface area (Å²) in [4.78, 5) is 19.6. The monoisotopic (exact) mass is 293 g/mol. The number of nitrogens with one attached hydrogen (secondary N) is 2. The van der Waals surface area contributed by atoms with Crippen molar-refractivity contribution in [1.29, 1.82) is 0 Å². The highest BCUT2D eigenvalue weighted by Crippen LogP contribution is 2.10. The maximum absolute atomic E-state index is 11.9. The molecule has 0 saturated heterocycles. The zero-order valence-corrected chi connectivity index (χ0v) is 12.6. The van der Waals surface area contributed by atoms with Gasteiger partial charge < -0.3 is 10.3 Å². The number of carbonyl (C=O) groups excluding carboxylic acids is 1. The third-order valence-corrected chi connectivity index (χ3v) is 3.61. The number of hydrogen-bond donors (Lipinski definition) is 2. The van der Waals surface area contributed by atoms with Gasteiger partial charge in [0.25, 0.3) is 0 Å². The lowest BCUT2D eigenvalue weighted by Gasteiger charge is -2.04. The molecule has 0 spiro atoms. The normalized spacial score (nSPS) is 10.8. The number of carbonyl (C=O) groups is 1. The number of aromatic nitrogens is 2. The summed E-state index contributed by atoms with van der Waals surface area (Å²) in [5.41, 5.74) is 4.33. The maximum Gasteiger partial charge on any atom is 0.220 e. The van der Waals surface area contributed by atoms with Crippen molar-refractivity contribution < 1.29 is 4.79 Å². The largest absolute Gasteiger partial charge is 0.349 e. The number of H-pyrrole nitrogens is 1. The lowest BCUT2D eigenvalue weighted by molar-refractivity contribution is -0.121. The third-order valence-electron chi connectivity index (χ3n) is 3.61. The van der Waals surface area contributed by atoms with Crippen LogP contribution in [0.25, 0.3) is 11.0 Å². The standard InChI is InChI=1S/C18H19N3O/c1-13-5-4-6-14(11-13)9-10-18(22)19-12-17-20-15-7-2-3-8-16(15)21-17/h2-8,11H,9-10,12H2,1H3,(H,19,22)(H,20,21). The number of rotatable bonds is 5. The molecule has 0 bridgehead atoms. The van der Waals surface area contributed by atoms with E-state index in [1.165, 1.54) is 11.1 Å². The van der Waals surface area contributed by atoms with Gasteiger partial charge in [0.1, 0.15) is 5.82 Å². The summed E-state index contributed by atoms with van der Waals surface area (Å²) >= 11 is 0. The summed E-state index contributed by atoms with van der Waals surface area (Å²) in [5, 5.41) is 2.91. The number of imidazole rings is 1. The number of benzene rings is 2. The summed E-state index contributed by atoms with van der Waals surface area (Å²) in [5.74, 6) is 0.826. The smallest absolute Gasteiger partial charge is 0.220 e. The molecule has 3 aromatic rings. The van der Waals surface area contributed by atoms with E-state index in [1.54, 1.807) is 0 Å². The second-order valence-electron chi connectivity index (χ2n) is 5.47. The lowest BCUT2D eigenvalue weighted by atomic mass is 10.1. The van der Waals surface area contributed by atoms with Gasteiger partial charge in [-0.15, -0.1) is 0 Å². The fraction of sp³-hybridized carbons (Fsp3) is 0.222. The number of aryl methyl sites for hydroxylation is 2. The van der Waals surface area contributed by atoms with Crippen molar-refractivity contribution in [3.05, 3.63) is 65.5 Å². The quantitative estimate of drug-likeness (QED) is 0.759. The van der Waals surface area contributed by atoms with Crippen LogP contribution in [0.3, 0.4) is 0 Å². The number of fused-ring (bicyclic) bond motifs is 1. The van der Waals surface area contributed by atoms with Gasteiger partial charge in [-0.25, -0.2) is 4.98 Å². The van der Waals surface area contributed by atoms with E-state index < -0.39 is 0 Å². The molecule has 4 heteroatoms. The molecule has 1 heterocycles. The average molecular weight is 293 g/mol. The van der Waals surface area contributed by atoms with E-state index in [0.29, 0.717) is 13.0 Å². The van der Waals surface area contributed by atoms with Crippen LogP contribution in [0.5, 0.6) is 0 Å². The van der Waals surface area contributed by atoms with Crippen LogP contribution >= 0.6 is 0 Å². The average Bonchev–Trinajstić information content (AvgIpc) is 2.94. The van der Waals surface area contributed by atoms with E-state index in [9.17, 15) is 4.79 Å². The molecule has 0 aliphatic rings. The minimum atomic E-state index is 0.0435. The predicted octanol–water partition coefficient (Wildman–Crippen LogP) is 3.12. The Morgan fingerprint density at radius 1 is 1.18 bits per heavy atom. The number of aromatic amines is 1. The minimum absolute atomic E-state index is 0.0435. The predicted molar refractivity (Wildman–Crippen MR) is 87.4 cm³/mol. The first-order valence-corrected chi connectivity index (χ1v) is 7.46. The first-order chi connectivity index (χ1) is 10.7. The van der Waals surface area contributed by atoms with Gasteiger partial charge in [-0.2, -0.15) is 0 Å². The van der Waals surface area contributed by atoms with Crippen LogP contribution in [-0.4, -0.2) is 15.9 Å². The topological polar surface area (TPSA) is 57.8 Å². The molecule has 0 atom stereocenters. The Kier molecular flexibility index (Phi) is 4.19. The molecule has 1 amide bonds. The van der Waals surface area contributed by atoms with Crippen LogP contribution in [0, 0.1) is 6.92 Å². The molecular formula is C18H19N3O. The molecule has 0 unspecified atom stereocenters. The number of para-hydroxylation sites is 2. The fourth-order valence-corrected chi connectivity index (χ4v) is 2.49. The molecule has 0 aliphatic carbocycles. The molecule has 2 N–H and O–H groups in total. The summed E-state index contributed by atoms with van der Waals surface area (Å²) < 4.78 is 0. The molecule has 3 rings (SSSR count). The molecular weight excluding hydrogens is 274 g/mol. The van der Waals surface area contributed by atoms with Crippen LogP contribution in [0.4, 0.5) is 0 Å². The Hall–Kier alpha value is -2.62. The Balaban J connectivity index is 1.51. The van der Waals surface area contributed by atoms with Crippen LogP contribution in [-0.2, 0) is 17.8 Å². The molecule has 0 aliphatic heterocycles. The second-order valence-corrected chi connectivity index (χ2v) is 5.47. The molecule has 2 aromatic carbocycles. The van der Waals surface area contributed by atoms with Crippen molar-refractivity contribution in [3.63, 3.8) is 0 Å². The summed E-state index contributed by atoms with van der Waals surface area (Å²) in [6, 6.07) is 16.1. The van der Waals surface area contributed by atoms with Gasteiger partial charge in [-0.05, 0) is 31.0 Å². The van der Waals surface area contributed by atoms with Crippen molar-refractivity contribution in [1.82, 2.24) is 15.3 Å². The zero-order valence-electron chi connectivity index (χ0n) is 12.6. The number of amides is 1. The maximum atomic E-state index is 11.9. The highest BCUT2D eigenvalue weighted by atomic mass is 16.1. The summed E-state index contributed by atoms with van der Waals surface area (Å²) in [6.45, 7) is 2.49. The SMILES string of the molecule is Cc1cccc(CCC(=O)NCc2nc3ccccc3[nH]2)c1. The Morgan fingerprint density at radius 3 is 2.86 bits per heavy atom. The summed E-state index contributed by atoms with van der Waals surface area (Å²) in [7, 11) is 0. The Morgan fingerprint density at radius 2 is 2.05 bits per heavy atom. The molecule has 0 saturated carbocycles. The van der Waals surface area contributed by atoms with E-state index >= 15 is 0 Å². The van der Waals surface area contributed by atoms with Crippen LogP contribution in [0.1, 0.15) is 23.4 Å². The first kappa shape index (κ1) is 14.3. The van der Waals surface area contributed by atoms with Crippen molar-refractivity contribution in [2.45, 2.75) is 26.3 Å². The summed E-state index contributed by atoms with van der Waals surface area (Å²) in [6.07, 6.45) is 1.25. The highest BCUT2D eigenvalue weighted by molar-refractivity contribution is 5.77. The van der Waals surface area contributed by atoms with E-state index in [4.69, 9.17) is 0 Å². The molecule has 22 heavy (non-hydrogen) atoms. The Bertz CT molecular complexity index is 759. The van der Waals surface area contributed by atoms with Crippen LogP contribution in [0.2, 0.25) is 0 Å². The molecule has 112 valence electrons. The fourth-order valence-electron chi connectivity index (χ4n) is 2.49. The van der Waals surface area contributed by atoms with Crippen molar-refractivity contribution in [3.8, 4) is 0 Å². The number of hydrogen-bond acceptors (Lipinski definition) is 2. The molecule has 0 fully saturated rings. The van der Waals surface area contributed by atoms with Gasteiger partial charge in [0.05, 0.1) is 17.6 Å². The second kappa shape index (κ2) is 6.43. The molecule has 4 nitrogen and oxygen atoms in total. The minimum Gasteiger partial charge on any atom is -0.349 e. The first-order valence-electron chi connectivity index (χ1n) is 7.46. The van der Waals surface area contributed by atoms with Gasteiger partial charge in [0, 0.05) is 6.42 Å². The lowest BCUT2D eigenvalue weighted by Crippen LogP contribution is -2.23.